The van der Waals surface area contributed by atoms with Gasteiger partial charge in [0.05, 0.1) is 16.8 Å². The number of anilines is 1. The van der Waals surface area contributed by atoms with Crippen molar-refractivity contribution in [2.24, 2.45) is 0 Å². The van der Waals surface area contributed by atoms with Gasteiger partial charge in [0.15, 0.2) is 0 Å². The van der Waals surface area contributed by atoms with Gasteiger partial charge >= 0.3 is 0 Å². The molecule has 6 heteroatoms. The summed E-state index contributed by atoms with van der Waals surface area (Å²) in [5.41, 5.74) is 8.79. The van der Waals surface area contributed by atoms with Crippen molar-refractivity contribution in [2.45, 2.75) is 19.9 Å². The van der Waals surface area contributed by atoms with Gasteiger partial charge in [0.2, 0.25) is 5.95 Å². The molecule has 0 atom stereocenters. The number of benzene rings is 1. The molecule has 0 aliphatic carbocycles. The van der Waals surface area contributed by atoms with Crippen LogP contribution in [0.3, 0.4) is 0 Å². The van der Waals surface area contributed by atoms with Gasteiger partial charge in [-0.25, -0.2) is 13.4 Å². The van der Waals surface area contributed by atoms with Crippen molar-refractivity contribution in [3.8, 4) is 0 Å². The first-order valence-corrected chi connectivity index (χ1v) is 7.83. The van der Waals surface area contributed by atoms with Crippen molar-refractivity contribution in [3.63, 3.8) is 0 Å². The van der Waals surface area contributed by atoms with Crippen LogP contribution in [-0.4, -0.2) is 30.0 Å². The van der Waals surface area contributed by atoms with Gasteiger partial charge in [0.1, 0.15) is 9.84 Å². The van der Waals surface area contributed by atoms with E-state index in [1.165, 1.54) is 6.26 Å². The highest BCUT2D eigenvalue weighted by molar-refractivity contribution is 7.90. The van der Waals surface area contributed by atoms with Gasteiger partial charge < -0.3 is 10.3 Å². The number of aryl methyl sites for hydroxylation is 2. The molecule has 0 bridgehead atoms. The second kappa shape index (κ2) is 4.61. The monoisotopic (exact) mass is 267 g/mol. The number of fused-ring (bicyclic) bond motifs is 1. The molecule has 98 valence electrons. The average Bonchev–Trinajstić information content (AvgIpc) is 2.56. The maximum atomic E-state index is 11.1. The zero-order valence-electron chi connectivity index (χ0n) is 10.5. The highest BCUT2D eigenvalue weighted by Crippen LogP contribution is 2.21. The summed E-state index contributed by atoms with van der Waals surface area (Å²) in [6.45, 7) is 2.55. The Morgan fingerprint density at radius 3 is 2.78 bits per heavy atom. The second-order valence-electron chi connectivity index (χ2n) is 4.55. The summed E-state index contributed by atoms with van der Waals surface area (Å²) in [4.78, 5) is 4.32. The third-order valence-corrected chi connectivity index (χ3v) is 3.94. The highest BCUT2D eigenvalue weighted by Gasteiger charge is 2.10. The number of nitrogens with zero attached hydrogens (tertiary/aromatic N) is 2. The molecule has 0 amide bonds. The molecule has 0 spiro atoms. The number of rotatable bonds is 4. The van der Waals surface area contributed by atoms with Crippen LogP contribution in [-0.2, 0) is 16.4 Å². The first-order valence-electron chi connectivity index (χ1n) is 5.77. The van der Waals surface area contributed by atoms with Crippen molar-refractivity contribution < 1.29 is 8.42 Å². The van der Waals surface area contributed by atoms with E-state index >= 15 is 0 Å². The zero-order chi connectivity index (χ0) is 13.3. The Balaban J connectivity index is 2.28. The molecule has 2 N–H and O–H groups in total. The fraction of sp³-hybridized carbons (Fsp3) is 0.417. The van der Waals surface area contributed by atoms with E-state index in [0.717, 1.165) is 16.6 Å². The minimum absolute atomic E-state index is 0.165. The molecule has 0 aliphatic heterocycles. The minimum Gasteiger partial charge on any atom is -0.369 e. The van der Waals surface area contributed by atoms with Gasteiger partial charge in [-0.05, 0) is 25.0 Å². The fourth-order valence-electron chi connectivity index (χ4n) is 2.02. The summed E-state index contributed by atoms with van der Waals surface area (Å²) in [5.74, 6) is 0.602. The Bertz CT molecular complexity index is 674. The van der Waals surface area contributed by atoms with E-state index in [0.29, 0.717) is 18.9 Å². The number of nitrogen functional groups attached to an aromatic ring is 1. The number of para-hydroxylation sites is 1. The van der Waals surface area contributed by atoms with Crippen LogP contribution in [0.2, 0.25) is 0 Å². The molecule has 5 nitrogen and oxygen atoms in total. The first-order chi connectivity index (χ1) is 8.38. The van der Waals surface area contributed by atoms with E-state index in [9.17, 15) is 8.42 Å². The van der Waals surface area contributed by atoms with Gasteiger partial charge in [0.25, 0.3) is 0 Å². The molecule has 0 fully saturated rings. The Morgan fingerprint density at radius 2 is 2.11 bits per heavy atom. The molecular weight excluding hydrogens is 250 g/mol. The van der Waals surface area contributed by atoms with Crippen molar-refractivity contribution in [1.82, 2.24) is 9.55 Å². The molecule has 0 saturated heterocycles. The molecule has 1 heterocycles. The SMILES string of the molecule is Cc1cccc2c1nc(N)n2CCCS(C)(=O)=O. The molecule has 0 saturated carbocycles. The smallest absolute Gasteiger partial charge is 0.201 e. The Labute approximate surface area is 107 Å². The van der Waals surface area contributed by atoms with Crippen LogP contribution in [0, 0.1) is 6.92 Å². The number of imidazole rings is 1. The van der Waals surface area contributed by atoms with Crippen LogP contribution in [0.25, 0.3) is 11.0 Å². The summed E-state index contributed by atoms with van der Waals surface area (Å²) in [5, 5.41) is 0. The number of hydrogen-bond acceptors (Lipinski definition) is 4. The largest absolute Gasteiger partial charge is 0.369 e. The lowest BCUT2D eigenvalue weighted by atomic mass is 10.2. The minimum atomic E-state index is -2.93. The molecule has 0 radical (unpaired) electrons. The van der Waals surface area contributed by atoms with Crippen LogP contribution in [0.5, 0.6) is 0 Å². The van der Waals surface area contributed by atoms with Crippen LogP contribution in [0.4, 0.5) is 5.95 Å². The lowest BCUT2D eigenvalue weighted by molar-refractivity contribution is 0.594. The number of sulfone groups is 1. The first kappa shape index (κ1) is 12.9. The number of aromatic nitrogens is 2. The van der Waals surface area contributed by atoms with E-state index < -0.39 is 9.84 Å². The predicted octanol–water partition coefficient (Wildman–Crippen LogP) is 1.36. The normalized spacial score (nSPS) is 12.1. The maximum absolute atomic E-state index is 11.1. The Morgan fingerprint density at radius 1 is 1.39 bits per heavy atom. The fourth-order valence-corrected chi connectivity index (χ4v) is 2.68. The topological polar surface area (TPSA) is 78.0 Å². The number of nitrogens with two attached hydrogens (primary N) is 1. The molecule has 0 aliphatic rings. The van der Waals surface area contributed by atoms with Crippen molar-refractivity contribution in [2.75, 3.05) is 17.7 Å². The van der Waals surface area contributed by atoms with Crippen molar-refractivity contribution in [3.05, 3.63) is 23.8 Å². The van der Waals surface area contributed by atoms with Crippen molar-refractivity contribution >= 4 is 26.8 Å². The average molecular weight is 267 g/mol. The van der Waals surface area contributed by atoms with E-state index in [-0.39, 0.29) is 5.75 Å². The standard InChI is InChI=1S/C12H17N3O2S/c1-9-5-3-6-10-11(9)14-12(13)15(10)7-4-8-18(2,16)17/h3,5-6H,4,7-8H2,1-2H3,(H2,13,14). The summed E-state index contributed by atoms with van der Waals surface area (Å²) in [6.07, 6.45) is 1.79. The van der Waals surface area contributed by atoms with Crippen LogP contribution < -0.4 is 5.73 Å². The van der Waals surface area contributed by atoms with E-state index in [1.54, 1.807) is 0 Å². The van der Waals surface area contributed by atoms with Crippen LogP contribution in [0.1, 0.15) is 12.0 Å². The summed E-state index contributed by atoms with van der Waals surface area (Å²) in [6, 6.07) is 5.88. The zero-order valence-corrected chi connectivity index (χ0v) is 11.4. The van der Waals surface area contributed by atoms with E-state index in [4.69, 9.17) is 5.73 Å². The predicted molar refractivity (Wildman–Crippen MR) is 73.2 cm³/mol. The number of hydrogen-bond donors (Lipinski definition) is 1. The van der Waals surface area contributed by atoms with Crippen LogP contribution >= 0.6 is 0 Å². The van der Waals surface area contributed by atoms with E-state index in [2.05, 4.69) is 4.98 Å². The summed E-state index contributed by atoms with van der Waals surface area (Å²) < 4.78 is 24.1. The lowest BCUT2D eigenvalue weighted by Gasteiger charge is -2.05. The summed E-state index contributed by atoms with van der Waals surface area (Å²) >= 11 is 0. The molecular formula is C12H17N3O2S. The lowest BCUT2D eigenvalue weighted by Crippen LogP contribution is -2.09. The quantitative estimate of drug-likeness (QED) is 0.907. The van der Waals surface area contributed by atoms with Gasteiger partial charge in [0, 0.05) is 12.8 Å². The molecule has 1 aromatic heterocycles. The Kier molecular flexibility index (Phi) is 3.30. The third kappa shape index (κ3) is 2.64. The Hall–Kier alpha value is -1.56. The summed E-state index contributed by atoms with van der Waals surface area (Å²) in [7, 11) is -2.93. The maximum Gasteiger partial charge on any atom is 0.201 e. The molecule has 0 unspecified atom stereocenters. The van der Waals surface area contributed by atoms with Gasteiger partial charge in [-0.2, -0.15) is 0 Å². The molecule has 2 aromatic rings. The van der Waals surface area contributed by atoms with Crippen LogP contribution in [0.15, 0.2) is 18.2 Å². The van der Waals surface area contributed by atoms with Gasteiger partial charge in [-0.1, -0.05) is 12.1 Å². The highest BCUT2D eigenvalue weighted by atomic mass is 32.2. The van der Waals surface area contributed by atoms with Gasteiger partial charge in [-0.15, -0.1) is 0 Å². The second-order valence-corrected chi connectivity index (χ2v) is 6.81. The third-order valence-electron chi connectivity index (χ3n) is 2.91. The molecule has 2 rings (SSSR count). The van der Waals surface area contributed by atoms with Crippen molar-refractivity contribution in [1.29, 1.82) is 0 Å². The van der Waals surface area contributed by atoms with Gasteiger partial charge in [-0.3, -0.25) is 0 Å². The van der Waals surface area contributed by atoms with E-state index in [1.807, 2.05) is 29.7 Å². The molecule has 1 aromatic carbocycles. The molecule has 18 heavy (non-hydrogen) atoms.